The summed E-state index contributed by atoms with van der Waals surface area (Å²) in [6, 6.07) is 6.17. The predicted octanol–water partition coefficient (Wildman–Crippen LogP) is 1.64. The molecule has 0 radical (unpaired) electrons. The number of halogens is 1. The molecule has 88 valence electrons. The molecule has 0 bridgehead atoms. The Hall–Kier alpha value is -1.95. The molecule has 0 aliphatic heterocycles. The first kappa shape index (κ1) is 11.5. The van der Waals surface area contributed by atoms with Gasteiger partial charge in [0.25, 0.3) is 0 Å². The van der Waals surface area contributed by atoms with Gasteiger partial charge in [-0.05, 0) is 24.3 Å². The van der Waals surface area contributed by atoms with Gasteiger partial charge in [-0.2, -0.15) is 0 Å². The summed E-state index contributed by atoms with van der Waals surface area (Å²) in [5.74, 6) is -0.711. The van der Waals surface area contributed by atoms with Crippen molar-refractivity contribution in [2.75, 3.05) is 0 Å². The molecule has 0 fully saturated rings. The van der Waals surface area contributed by atoms with Crippen molar-refractivity contribution in [2.45, 2.75) is 13.0 Å². The Kier molecular flexibility index (Phi) is 3.06. The van der Waals surface area contributed by atoms with Crippen LogP contribution < -0.4 is 0 Å². The topological polar surface area (TPSA) is 80.9 Å². The van der Waals surface area contributed by atoms with Gasteiger partial charge in [0, 0.05) is 5.56 Å². The fraction of sp³-hybridized carbons (Fsp3) is 0.200. The van der Waals surface area contributed by atoms with Crippen LogP contribution in [0.1, 0.15) is 13.0 Å². The summed E-state index contributed by atoms with van der Waals surface area (Å²) in [4.78, 5) is 11.8. The largest absolute Gasteiger partial charge is 0.480 e. The number of carboxylic acids is 1. The molecule has 1 aromatic heterocycles. The summed E-state index contributed by atoms with van der Waals surface area (Å²) in [6.45, 7) is 1.47. The van der Waals surface area contributed by atoms with Gasteiger partial charge in [0.2, 0.25) is 5.82 Å². The van der Waals surface area contributed by atoms with E-state index in [1.807, 2.05) is 0 Å². The third-order valence-electron chi connectivity index (χ3n) is 2.25. The monoisotopic (exact) mass is 252 g/mol. The number of tetrazole rings is 1. The maximum absolute atomic E-state index is 10.8. The van der Waals surface area contributed by atoms with E-state index < -0.39 is 12.0 Å². The van der Waals surface area contributed by atoms with E-state index in [2.05, 4.69) is 15.4 Å². The minimum atomic E-state index is -1.02. The Balaban J connectivity index is 2.37. The second kappa shape index (κ2) is 4.50. The maximum atomic E-state index is 10.8. The standard InChI is InChI=1S/C10H9ClN4O2/c1-6(10(16)17)15-13-9(12-14-15)7-4-2-3-5-8(7)11/h2-6H,1H3,(H,16,17)/t6-/m0/s1. The fourth-order valence-corrected chi connectivity index (χ4v) is 1.46. The van der Waals surface area contributed by atoms with Crippen LogP contribution in [0.25, 0.3) is 11.4 Å². The van der Waals surface area contributed by atoms with Crippen molar-refractivity contribution in [1.82, 2.24) is 20.2 Å². The summed E-state index contributed by atoms with van der Waals surface area (Å²) in [6.07, 6.45) is 0. The molecule has 0 aliphatic rings. The highest BCUT2D eigenvalue weighted by Gasteiger charge is 2.18. The Morgan fingerprint density at radius 1 is 1.47 bits per heavy atom. The second-order valence-corrected chi connectivity index (χ2v) is 3.83. The van der Waals surface area contributed by atoms with Gasteiger partial charge in [-0.15, -0.1) is 15.0 Å². The van der Waals surface area contributed by atoms with Gasteiger partial charge >= 0.3 is 5.97 Å². The lowest BCUT2D eigenvalue weighted by Crippen LogP contribution is -2.18. The van der Waals surface area contributed by atoms with Gasteiger partial charge in [0.05, 0.1) is 5.02 Å². The molecule has 1 heterocycles. The third-order valence-corrected chi connectivity index (χ3v) is 2.58. The zero-order valence-corrected chi connectivity index (χ0v) is 9.66. The summed E-state index contributed by atoms with van der Waals surface area (Å²) >= 11 is 5.98. The molecule has 1 aromatic carbocycles. The molecular formula is C10H9ClN4O2. The van der Waals surface area contributed by atoms with Crippen molar-refractivity contribution in [2.24, 2.45) is 0 Å². The molecule has 2 rings (SSSR count). The molecule has 0 aliphatic carbocycles. The Labute approximate surface area is 102 Å². The van der Waals surface area contributed by atoms with E-state index in [4.69, 9.17) is 16.7 Å². The highest BCUT2D eigenvalue weighted by molar-refractivity contribution is 6.33. The highest BCUT2D eigenvalue weighted by Crippen LogP contribution is 2.23. The predicted molar refractivity (Wildman–Crippen MR) is 60.6 cm³/mol. The van der Waals surface area contributed by atoms with Crippen molar-refractivity contribution < 1.29 is 9.90 Å². The molecule has 1 atom stereocenters. The molecule has 6 nitrogen and oxygen atoms in total. The van der Waals surface area contributed by atoms with Crippen LogP contribution in [-0.4, -0.2) is 31.3 Å². The van der Waals surface area contributed by atoms with Crippen molar-refractivity contribution >= 4 is 17.6 Å². The van der Waals surface area contributed by atoms with E-state index in [-0.39, 0.29) is 0 Å². The lowest BCUT2D eigenvalue weighted by molar-refractivity contribution is -0.141. The normalized spacial score (nSPS) is 12.4. The Morgan fingerprint density at radius 2 is 2.18 bits per heavy atom. The number of carboxylic acid groups (broad SMARTS) is 1. The van der Waals surface area contributed by atoms with Crippen molar-refractivity contribution in [1.29, 1.82) is 0 Å². The van der Waals surface area contributed by atoms with Gasteiger partial charge in [0.1, 0.15) is 0 Å². The van der Waals surface area contributed by atoms with Crippen LogP contribution in [0.15, 0.2) is 24.3 Å². The van der Waals surface area contributed by atoms with Crippen molar-refractivity contribution in [3.63, 3.8) is 0 Å². The fourth-order valence-electron chi connectivity index (χ4n) is 1.24. The number of hydrogen-bond donors (Lipinski definition) is 1. The minimum absolute atomic E-state index is 0.309. The molecule has 0 amide bonds. The molecule has 0 unspecified atom stereocenters. The Morgan fingerprint density at radius 3 is 2.82 bits per heavy atom. The quantitative estimate of drug-likeness (QED) is 0.898. The lowest BCUT2D eigenvalue weighted by atomic mass is 10.2. The van der Waals surface area contributed by atoms with E-state index in [1.54, 1.807) is 24.3 Å². The van der Waals surface area contributed by atoms with Crippen LogP contribution in [0.5, 0.6) is 0 Å². The number of rotatable bonds is 3. The van der Waals surface area contributed by atoms with Crippen molar-refractivity contribution in [3.8, 4) is 11.4 Å². The summed E-state index contributed by atoms with van der Waals surface area (Å²) in [5.41, 5.74) is 0.623. The van der Waals surface area contributed by atoms with Crippen LogP contribution in [0.3, 0.4) is 0 Å². The number of hydrogen-bond acceptors (Lipinski definition) is 4. The zero-order valence-electron chi connectivity index (χ0n) is 8.91. The van der Waals surface area contributed by atoms with Crippen molar-refractivity contribution in [3.05, 3.63) is 29.3 Å². The van der Waals surface area contributed by atoms with Gasteiger partial charge in [-0.25, -0.2) is 4.79 Å². The van der Waals surface area contributed by atoms with E-state index in [1.165, 1.54) is 6.92 Å². The second-order valence-electron chi connectivity index (χ2n) is 3.43. The molecule has 0 saturated carbocycles. The van der Waals surface area contributed by atoms with E-state index in [9.17, 15) is 4.79 Å². The molecule has 7 heteroatoms. The number of aliphatic carboxylic acids is 1. The smallest absolute Gasteiger partial charge is 0.330 e. The molecule has 0 spiro atoms. The van der Waals surface area contributed by atoms with E-state index >= 15 is 0 Å². The first-order valence-corrected chi connectivity index (χ1v) is 5.24. The average Bonchev–Trinajstić information content (AvgIpc) is 2.77. The number of benzene rings is 1. The first-order chi connectivity index (χ1) is 8.09. The lowest BCUT2D eigenvalue weighted by Gasteiger charge is -2.02. The summed E-state index contributed by atoms with van der Waals surface area (Å²) < 4.78 is 0. The summed E-state index contributed by atoms with van der Waals surface area (Å²) in [5, 5.41) is 20.8. The molecule has 17 heavy (non-hydrogen) atoms. The molecule has 1 N–H and O–H groups in total. The van der Waals surface area contributed by atoms with Gasteiger partial charge in [-0.3, -0.25) is 0 Å². The summed E-state index contributed by atoms with van der Waals surface area (Å²) in [7, 11) is 0. The maximum Gasteiger partial charge on any atom is 0.330 e. The number of aromatic nitrogens is 4. The number of carbonyl (C=O) groups is 1. The highest BCUT2D eigenvalue weighted by atomic mass is 35.5. The van der Waals surface area contributed by atoms with Crippen LogP contribution >= 0.6 is 11.6 Å². The zero-order chi connectivity index (χ0) is 12.4. The SMILES string of the molecule is C[C@@H](C(=O)O)n1nnc(-c2ccccc2Cl)n1. The Bertz CT molecular complexity index is 555. The van der Waals surface area contributed by atoms with Gasteiger partial charge < -0.3 is 5.11 Å². The van der Waals surface area contributed by atoms with E-state index in [0.717, 1.165) is 4.80 Å². The van der Waals surface area contributed by atoms with Crippen LogP contribution in [-0.2, 0) is 4.79 Å². The number of nitrogens with zero attached hydrogens (tertiary/aromatic N) is 4. The molecule has 0 saturated heterocycles. The molecular weight excluding hydrogens is 244 g/mol. The van der Waals surface area contributed by atoms with Gasteiger partial charge in [0.15, 0.2) is 6.04 Å². The first-order valence-electron chi connectivity index (χ1n) is 4.87. The third kappa shape index (κ3) is 2.26. The van der Waals surface area contributed by atoms with Crippen LogP contribution in [0.4, 0.5) is 0 Å². The van der Waals surface area contributed by atoms with Crippen LogP contribution in [0.2, 0.25) is 5.02 Å². The minimum Gasteiger partial charge on any atom is -0.480 e. The van der Waals surface area contributed by atoms with Gasteiger partial charge in [-0.1, -0.05) is 23.7 Å². The van der Waals surface area contributed by atoms with Crippen LogP contribution in [0, 0.1) is 0 Å². The molecule has 2 aromatic rings. The average molecular weight is 253 g/mol. The van der Waals surface area contributed by atoms with E-state index in [0.29, 0.717) is 16.4 Å².